The van der Waals surface area contributed by atoms with Crippen LogP contribution in [-0.2, 0) is 0 Å². The highest BCUT2D eigenvalue weighted by Gasteiger charge is 2.11. The van der Waals surface area contributed by atoms with E-state index in [1.54, 1.807) is 18.3 Å². The van der Waals surface area contributed by atoms with Gasteiger partial charge < -0.3 is 21.0 Å². The summed E-state index contributed by atoms with van der Waals surface area (Å²) in [6.45, 7) is 0. The average Bonchev–Trinajstić information content (AvgIpc) is 3.21. The Morgan fingerprint density at radius 3 is 2.73 bits per heavy atom. The first-order chi connectivity index (χ1) is 12.1. The number of imidazole rings is 1. The van der Waals surface area contributed by atoms with Crippen molar-refractivity contribution < 1.29 is 4.79 Å². The smallest absolute Gasteiger partial charge is 0.272 e. The Kier molecular flexibility index (Phi) is 4.88. The first-order valence-electron chi connectivity index (χ1n) is 7.59. The molecule has 0 bridgehead atoms. The normalized spacial score (nSPS) is 10.5. The monoisotopic (exact) mass is 387 g/mol. The molecule has 0 atom stereocenters. The minimum absolute atomic E-state index is 0. The predicted molar refractivity (Wildman–Crippen MR) is 107 cm³/mol. The molecule has 0 fully saturated rings. The maximum Gasteiger partial charge on any atom is 0.272 e. The van der Waals surface area contributed by atoms with E-state index in [0.717, 1.165) is 22.2 Å². The van der Waals surface area contributed by atoms with Crippen LogP contribution in [0.1, 0.15) is 10.5 Å². The second-order valence-electron chi connectivity index (χ2n) is 5.63. The molecule has 0 aliphatic carbocycles. The lowest BCUT2D eigenvalue weighted by Crippen LogP contribution is -2.12. The number of benzene rings is 2. The van der Waals surface area contributed by atoms with Crippen molar-refractivity contribution in [1.29, 1.82) is 0 Å². The van der Waals surface area contributed by atoms with Crippen LogP contribution in [0.2, 0.25) is 5.02 Å². The molecule has 0 saturated carbocycles. The molecule has 0 radical (unpaired) electrons. The minimum Gasteiger partial charge on any atom is -0.369 e. The summed E-state index contributed by atoms with van der Waals surface area (Å²) in [5.74, 6) is 0.120. The maximum atomic E-state index is 12.5. The highest BCUT2D eigenvalue weighted by Crippen LogP contribution is 2.23. The molecule has 6 nitrogen and oxygen atoms in total. The number of nitrogens with zero attached hydrogens (tertiary/aromatic N) is 1. The zero-order valence-electron chi connectivity index (χ0n) is 13.4. The number of nitrogens with two attached hydrogens (primary N) is 1. The molecule has 0 aliphatic heterocycles. The molecule has 26 heavy (non-hydrogen) atoms. The van der Waals surface area contributed by atoms with E-state index in [0.29, 0.717) is 22.4 Å². The van der Waals surface area contributed by atoms with E-state index in [-0.39, 0.29) is 18.3 Å². The van der Waals surface area contributed by atoms with Crippen molar-refractivity contribution >= 4 is 52.5 Å². The van der Waals surface area contributed by atoms with Gasteiger partial charge in [-0.3, -0.25) is 4.79 Å². The van der Waals surface area contributed by atoms with Crippen LogP contribution in [0.5, 0.6) is 0 Å². The lowest BCUT2D eigenvalue weighted by Gasteiger charge is -2.05. The molecule has 1 amide bonds. The van der Waals surface area contributed by atoms with Crippen LogP contribution in [0.3, 0.4) is 0 Å². The number of nitrogen functional groups attached to an aromatic ring is 1. The van der Waals surface area contributed by atoms with Crippen LogP contribution in [0.4, 0.5) is 11.6 Å². The molecule has 4 aromatic rings. The molecule has 8 heteroatoms. The van der Waals surface area contributed by atoms with Gasteiger partial charge in [-0.2, -0.15) is 0 Å². The summed E-state index contributed by atoms with van der Waals surface area (Å²) in [5, 5.41) is 4.40. The molecular formula is C18H15Cl2N5O. The van der Waals surface area contributed by atoms with Gasteiger partial charge in [-0.05, 0) is 36.4 Å². The number of halogens is 2. The fourth-order valence-electron chi connectivity index (χ4n) is 2.67. The molecule has 0 unspecified atom stereocenters. The van der Waals surface area contributed by atoms with Gasteiger partial charge in [-0.1, -0.05) is 23.7 Å². The molecule has 0 spiro atoms. The Morgan fingerprint density at radius 1 is 1.12 bits per heavy atom. The number of anilines is 2. The van der Waals surface area contributed by atoms with E-state index in [2.05, 4.69) is 20.3 Å². The summed E-state index contributed by atoms with van der Waals surface area (Å²) in [4.78, 5) is 22.5. The third-order valence-corrected chi connectivity index (χ3v) is 4.09. The van der Waals surface area contributed by atoms with Crippen LogP contribution < -0.4 is 11.1 Å². The van der Waals surface area contributed by atoms with Gasteiger partial charge in [0, 0.05) is 27.2 Å². The molecule has 2 aromatic heterocycles. The van der Waals surface area contributed by atoms with Crippen molar-refractivity contribution in [2.45, 2.75) is 0 Å². The van der Waals surface area contributed by atoms with Crippen LogP contribution >= 0.6 is 24.0 Å². The van der Waals surface area contributed by atoms with Crippen molar-refractivity contribution in [3.05, 3.63) is 65.4 Å². The molecule has 4 rings (SSSR count). The number of amides is 1. The summed E-state index contributed by atoms with van der Waals surface area (Å²) < 4.78 is 0. The molecule has 0 aliphatic rings. The van der Waals surface area contributed by atoms with Gasteiger partial charge in [0.1, 0.15) is 5.69 Å². The zero-order chi connectivity index (χ0) is 17.4. The van der Waals surface area contributed by atoms with E-state index < -0.39 is 0 Å². The lowest BCUT2D eigenvalue weighted by atomic mass is 10.1. The predicted octanol–water partition coefficient (Wildman–Crippen LogP) is 4.47. The van der Waals surface area contributed by atoms with Crippen LogP contribution in [0, 0.1) is 0 Å². The van der Waals surface area contributed by atoms with Crippen molar-refractivity contribution in [2.24, 2.45) is 0 Å². The molecule has 2 heterocycles. The van der Waals surface area contributed by atoms with Gasteiger partial charge in [0.15, 0.2) is 5.95 Å². The maximum absolute atomic E-state index is 12.5. The van der Waals surface area contributed by atoms with E-state index in [9.17, 15) is 4.79 Å². The van der Waals surface area contributed by atoms with Gasteiger partial charge in [-0.25, -0.2) is 4.98 Å². The summed E-state index contributed by atoms with van der Waals surface area (Å²) in [6, 6.07) is 14.6. The summed E-state index contributed by atoms with van der Waals surface area (Å²) in [5.41, 5.74) is 9.27. The standard InChI is InChI=1S/C18H14ClN5O.ClH/c19-12-4-5-14-11(6-12)8-15(23-14)17(25)22-13-3-1-2-10(7-13)16-9-21-18(20)24-16;/h1-9,23H,(H,22,25)(H3,20,21,24);1H. The van der Waals surface area contributed by atoms with Gasteiger partial charge in [0.05, 0.1) is 11.9 Å². The number of aromatic amines is 2. The fraction of sp³-hybridized carbons (Fsp3) is 0. The number of rotatable bonds is 3. The second kappa shape index (κ2) is 7.11. The number of fused-ring (bicyclic) bond motifs is 1. The number of nitrogens with one attached hydrogen (secondary N) is 3. The first-order valence-corrected chi connectivity index (χ1v) is 7.97. The zero-order valence-corrected chi connectivity index (χ0v) is 15.0. The Hall–Kier alpha value is -2.96. The van der Waals surface area contributed by atoms with E-state index in [4.69, 9.17) is 17.3 Å². The molecule has 0 saturated heterocycles. The van der Waals surface area contributed by atoms with Crippen molar-refractivity contribution in [1.82, 2.24) is 15.0 Å². The van der Waals surface area contributed by atoms with Gasteiger partial charge in [-0.15, -0.1) is 12.4 Å². The van der Waals surface area contributed by atoms with Gasteiger partial charge in [0.2, 0.25) is 0 Å². The van der Waals surface area contributed by atoms with Crippen molar-refractivity contribution in [3.63, 3.8) is 0 Å². The highest BCUT2D eigenvalue weighted by atomic mass is 35.5. The number of hydrogen-bond donors (Lipinski definition) is 4. The van der Waals surface area contributed by atoms with Crippen molar-refractivity contribution in [2.75, 3.05) is 11.1 Å². The van der Waals surface area contributed by atoms with E-state index in [1.807, 2.05) is 36.4 Å². The minimum atomic E-state index is -0.228. The molecular weight excluding hydrogens is 373 g/mol. The SMILES string of the molecule is Cl.Nc1ncc(-c2cccc(NC(=O)c3cc4cc(Cl)ccc4[nH]3)c2)[nH]1. The summed E-state index contributed by atoms with van der Waals surface area (Å²) >= 11 is 5.98. The second-order valence-corrected chi connectivity index (χ2v) is 6.07. The van der Waals surface area contributed by atoms with Gasteiger partial charge in [0.25, 0.3) is 5.91 Å². The fourth-order valence-corrected chi connectivity index (χ4v) is 2.85. The van der Waals surface area contributed by atoms with Crippen LogP contribution in [0.25, 0.3) is 22.2 Å². The van der Waals surface area contributed by atoms with Crippen LogP contribution in [-0.4, -0.2) is 20.9 Å². The largest absolute Gasteiger partial charge is 0.369 e. The van der Waals surface area contributed by atoms with Gasteiger partial charge >= 0.3 is 0 Å². The quantitative estimate of drug-likeness (QED) is 0.417. The number of H-pyrrole nitrogens is 2. The highest BCUT2D eigenvalue weighted by molar-refractivity contribution is 6.31. The number of carbonyl (C=O) groups is 1. The summed E-state index contributed by atoms with van der Waals surface area (Å²) in [6.07, 6.45) is 1.65. The third kappa shape index (κ3) is 3.51. The summed E-state index contributed by atoms with van der Waals surface area (Å²) in [7, 11) is 0. The molecule has 2 aromatic carbocycles. The average molecular weight is 388 g/mol. The first kappa shape index (κ1) is 17.8. The lowest BCUT2D eigenvalue weighted by molar-refractivity contribution is 0.102. The topological polar surface area (TPSA) is 99.6 Å². The Bertz CT molecular complexity index is 1090. The number of hydrogen-bond acceptors (Lipinski definition) is 3. The van der Waals surface area contributed by atoms with Crippen molar-refractivity contribution in [3.8, 4) is 11.3 Å². The Morgan fingerprint density at radius 2 is 1.96 bits per heavy atom. The molecule has 132 valence electrons. The number of aromatic nitrogens is 3. The Labute approximate surface area is 160 Å². The van der Waals surface area contributed by atoms with Crippen LogP contribution in [0.15, 0.2) is 54.7 Å². The third-order valence-electron chi connectivity index (χ3n) is 3.85. The van der Waals surface area contributed by atoms with E-state index >= 15 is 0 Å². The molecule has 5 N–H and O–H groups in total. The number of carbonyl (C=O) groups excluding carboxylic acids is 1. The van der Waals surface area contributed by atoms with E-state index in [1.165, 1.54) is 0 Å². The Balaban J connectivity index is 0.00000196.